The summed E-state index contributed by atoms with van der Waals surface area (Å²) in [5, 5.41) is 0. The van der Waals surface area contributed by atoms with Gasteiger partial charge in [-0.15, -0.1) is 0 Å². The van der Waals surface area contributed by atoms with Crippen molar-refractivity contribution in [3.05, 3.63) is 18.3 Å². The van der Waals surface area contributed by atoms with E-state index in [0.29, 0.717) is 19.0 Å². The van der Waals surface area contributed by atoms with Crippen LogP contribution in [-0.4, -0.2) is 60.2 Å². The Hall–Kier alpha value is -1.47. The zero-order chi connectivity index (χ0) is 19.6. The summed E-state index contributed by atoms with van der Waals surface area (Å²) in [6, 6.07) is 3.65. The van der Waals surface area contributed by atoms with Gasteiger partial charge in [0.15, 0.2) is 0 Å². The van der Waals surface area contributed by atoms with Gasteiger partial charge in [-0.1, -0.05) is 0 Å². The lowest BCUT2D eigenvalue weighted by molar-refractivity contribution is -0.128. The molecular weight excluding hydrogens is 364 g/mol. The molecule has 1 aliphatic heterocycles. The lowest BCUT2D eigenvalue weighted by Crippen LogP contribution is -2.31. The van der Waals surface area contributed by atoms with Gasteiger partial charge in [0.25, 0.3) is 6.47 Å². The van der Waals surface area contributed by atoms with Crippen LogP contribution >= 0.6 is 0 Å². The van der Waals surface area contributed by atoms with Crippen molar-refractivity contribution in [1.29, 1.82) is 0 Å². The Labute approximate surface area is 165 Å². The number of piperidine rings is 1. The molecule has 1 saturated carbocycles. The Morgan fingerprint density at radius 1 is 1.33 bits per heavy atom. The van der Waals surface area contributed by atoms with Crippen molar-refractivity contribution in [3.8, 4) is 5.88 Å². The lowest BCUT2D eigenvalue weighted by Gasteiger charge is -2.29. The van der Waals surface area contributed by atoms with E-state index < -0.39 is 10.8 Å². The van der Waals surface area contributed by atoms with Crippen molar-refractivity contribution < 1.29 is 18.5 Å². The molecule has 2 fully saturated rings. The van der Waals surface area contributed by atoms with Gasteiger partial charge in [0.2, 0.25) is 5.88 Å². The monoisotopic (exact) mass is 396 g/mol. The third-order valence-electron chi connectivity index (χ3n) is 5.36. The van der Waals surface area contributed by atoms with E-state index in [4.69, 9.17) is 4.74 Å². The summed E-state index contributed by atoms with van der Waals surface area (Å²) in [4.78, 5) is 16.6. The van der Waals surface area contributed by atoms with Crippen LogP contribution in [-0.2, 0) is 20.3 Å². The summed E-state index contributed by atoms with van der Waals surface area (Å²) in [5.41, 5.74) is 0. The van der Waals surface area contributed by atoms with Gasteiger partial charge in [-0.2, -0.15) is 0 Å². The molecule has 27 heavy (non-hydrogen) atoms. The summed E-state index contributed by atoms with van der Waals surface area (Å²) in [7, 11) is 1.25. The number of carbonyl (C=O) groups is 1. The highest BCUT2D eigenvalue weighted by Gasteiger charge is 2.42. The van der Waals surface area contributed by atoms with Crippen LogP contribution in [0.5, 0.6) is 5.88 Å². The number of likely N-dealkylation sites (tertiary alicyclic amines) is 1. The maximum atomic E-state index is 11.3. The summed E-state index contributed by atoms with van der Waals surface area (Å²) in [5.74, 6) is 3.38. The van der Waals surface area contributed by atoms with Crippen LogP contribution in [0.15, 0.2) is 23.2 Å². The number of ether oxygens (including phenoxy) is 2. The third-order valence-corrected chi connectivity index (χ3v) is 6.27. The largest absolute Gasteiger partial charge is 0.478 e. The second kappa shape index (κ2) is 11.4. The molecule has 1 aromatic heterocycles. The average molecular weight is 397 g/mol. The van der Waals surface area contributed by atoms with Gasteiger partial charge in [-0.05, 0) is 76.6 Å². The molecule has 0 radical (unpaired) electrons. The molecule has 1 aromatic rings. The average Bonchev–Trinajstić information content (AvgIpc) is 3.43. The molecule has 6 nitrogen and oxygen atoms in total. The van der Waals surface area contributed by atoms with Gasteiger partial charge in [0.05, 0.1) is 28.9 Å². The first kappa shape index (κ1) is 21.8. The molecule has 0 aromatic carbocycles. The number of aromatic nitrogens is 1. The molecule has 0 amide bonds. The van der Waals surface area contributed by atoms with Crippen LogP contribution < -0.4 is 4.74 Å². The zero-order valence-electron chi connectivity index (χ0n) is 16.6. The molecule has 3 rings (SSSR count). The van der Waals surface area contributed by atoms with Gasteiger partial charge in [0, 0.05) is 18.5 Å². The van der Waals surface area contributed by atoms with Gasteiger partial charge < -0.3 is 14.4 Å². The van der Waals surface area contributed by atoms with Gasteiger partial charge in [0.1, 0.15) is 0 Å². The van der Waals surface area contributed by atoms with Crippen LogP contribution in [0.4, 0.5) is 0 Å². The second-order valence-electron chi connectivity index (χ2n) is 7.28. The van der Waals surface area contributed by atoms with Crippen LogP contribution in [0, 0.1) is 17.8 Å². The van der Waals surface area contributed by atoms with Crippen molar-refractivity contribution in [2.45, 2.75) is 37.5 Å². The Bertz CT molecular complexity index is 588. The van der Waals surface area contributed by atoms with E-state index in [1.165, 1.54) is 32.4 Å². The molecule has 152 valence electrons. The smallest absolute Gasteiger partial charge is 0.293 e. The van der Waals surface area contributed by atoms with Crippen molar-refractivity contribution in [2.75, 3.05) is 39.6 Å². The van der Waals surface area contributed by atoms with E-state index in [1.54, 1.807) is 19.4 Å². The minimum Gasteiger partial charge on any atom is -0.478 e. The van der Waals surface area contributed by atoms with E-state index in [1.807, 2.05) is 12.1 Å². The maximum Gasteiger partial charge on any atom is 0.293 e. The summed E-state index contributed by atoms with van der Waals surface area (Å²) < 4.78 is 21.2. The van der Waals surface area contributed by atoms with Crippen molar-refractivity contribution >= 4 is 17.3 Å². The van der Waals surface area contributed by atoms with Gasteiger partial charge in [-0.25, -0.2) is 4.98 Å². The van der Waals surface area contributed by atoms with Gasteiger partial charge in [-0.3, -0.25) is 9.00 Å². The van der Waals surface area contributed by atoms with Gasteiger partial charge >= 0.3 is 0 Å². The first-order valence-electron chi connectivity index (χ1n) is 9.71. The Kier molecular flexibility index (Phi) is 9.21. The highest BCUT2D eigenvalue weighted by atomic mass is 32.2. The molecule has 0 bridgehead atoms. The first-order chi connectivity index (χ1) is 13.0. The topological polar surface area (TPSA) is 68.7 Å². The Balaban J connectivity index is 0.000000465. The molecular formula is C20H32N2O4S. The molecule has 0 N–H and O–H groups in total. The number of hydrogen-bond donors (Lipinski definition) is 0. The van der Waals surface area contributed by atoms with Crippen LogP contribution in [0.3, 0.4) is 0 Å². The highest BCUT2D eigenvalue weighted by molar-refractivity contribution is 7.84. The van der Waals surface area contributed by atoms with E-state index >= 15 is 0 Å². The first-order valence-corrected chi connectivity index (χ1v) is 11.3. The predicted molar refractivity (Wildman–Crippen MR) is 106 cm³/mol. The molecule has 1 saturated heterocycles. The van der Waals surface area contributed by atoms with Crippen LogP contribution in [0.2, 0.25) is 0 Å². The SMILES string of the molecule is CCOC=O.CN1CCC(C2CC2CCOc2ccc(S(C)=O)cn2)CC1. The van der Waals surface area contributed by atoms with E-state index in [0.717, 1.165) is 35.7 Å². The maximum absolute atomic E-state index is 11.3. The summed E-state index contributed by atoms with van der Waals surface area (Å²) in [6.45, 7) is 5.94. The number of pyridine rings is 1. The highest BCUT2D eigenvalue weighted by Crippen LogP contribution is 2.49. The van der Waals surface area contributed by atoms with Crippen molar-refractivity contribution in [1.82, 2.24) is 9.88 Å². The van der Waals surface area contributed by atoms with Crippen molar-refractivity contribution in [3.63, 3.8) is 0 Å². The minimum absolute atomic E-state index is 0.431. The van der Waals surface area contributed by atoms with E-state index in [9.17, 15) is 9.00 Å². The number of carbonyl (C=O) groups excluding carboxylic acids is 1. The van der Waals surface area contributed by atoms with Crippen LogP contribution in [0.25, 0.3) is 0 Å². The molecule has 2 aliphatic rings. The molecule has 3 atom stereocenters. The van der Waals surface area contributed by atoms with Crippen molar-refractivity contribution in [2.24, 2.45) is 17.8 Å². The molecule has 1 aliphatic carbocycles. The Morgan fingerprint density at radius 3 is 2.59 bits per heavy atom. The molecule has 7 heteroatoms. The molecule has 3 unspecified atom stereocenters. The third kappa shape index (κ3) is 7.58. The minimum atomic E-state index is -0.972. The van der Waals surface area contributed by atoms with Crippen LogP contribution in [0.1, 0.15) is 32.6 Å². The fourth-order valence-corrected chi connectivity index (χ4v) is 4.10. The van der Waals surface area contributed by atoms with E-state index in [-0.39, 0.29) is 0 Å². The quantitative estimate of drug-likeness (QED) is 0.630. The molecule has 0 spiro atoms. The Morgan fingerprint density at radius 2 is 2.07 bits per heavy atom. The number of hydrogen-bond acceptors (Lipinski definition) is 6. The predicted octanol–water partition coefficient (Wildman–Crippen LogP) is 2.75. The number of nitrogens with zero attached hydrogens (tertiary/aromatic N) is 2. The zero-order valence-corrected chi connectivity index (χ0v) is 17.5. The fraction of sp³-hybridized carbons (Fsp3) is 0.700. The molecule has 2 heterocycles. The summed E-state index contributed by atoms with van der Waals surface area (Å²) in [6.07, 6.45) is 8.57. The second-order valence-corrected chi connectivity index (χ2v) is 8.65. The standard InChI is InChI=1S/C17H26N2O2S.C3H6O2/c1-19-8-5-13(6-9-19)16-11-14(16)7-10-21-17-4-3-15(12-18-17)22(2)20;1-2-5-3-4/h3-4,12-14,16H,5-11H2,1-2H3;3H,2H2,1H3. The lowest BCUT2D eigenvalue weighted by atomic mass is 9.91. The number of rotatable bonds is 8. The fourth-order valence-electron chi connectivity index (χ4n) is 3.64. The summed E-state index contributed by atoms with van der Waals surface area (Å²) >= 11 is 0. The van der Waals surface area contributed by atoms with E-state index in [2.05, 4.69) is 21.7 Å². The normalized spacial score (nSPS) is 23.7.